The van der Waals surface area contributed by atoms with E-state index in [4.69, 9.17) is 4.42 Å². The monoisotopic (exact) mass is 410 g/mol. The van der Waals surface area contributed by atoms with Gasteiger partial charge in [-0.05, 0) is 26.3 Å². The van der Waals surface area contributed by atoms with Gasteiger partial charge in [-0.1, -0.05) is 36.9 Å². The fourth-order valence-corrected chi connectivity index (χ4v) is 3.67. The van der Waals surface area contributed by atoms with Crippen LogP contribution in [-0.4, -0.2) is 36.1 Å². The average Bonchev–Trinajstić information content (AvgIpc) is 3.46. The number of hydrogen-bond acceptors (Lipinski definition) is 6. The molecule has 1 amide bonds. The lowest BCUT2D eigenvalue weighted by Crippen LogP contribution is -2.24. The number of hydrogen-bond donors (Lipinski definition) is 2. The highest BCUT2D eigenvalue weighted by Gasteiger charge is 2.21. The fourth-order valence-electron chi connectivity index (χ4n) is 2.98. The smallest absolute Gasteiger partial charge is 0.277 e. The lowest BCUT2D eigenvalue weighted by molar-refractivity contribution is -0.115. The Morgan fingerprint density at radius 1 is 1.28 bits per heavy atom. The van der Waals surface area contributed by atoms with Crippen LogP contribution in [0.25, 0.3) is 22.4 Å². The highest BCUT2D eigenvalue weighted by Crippen LogP contribution is 2.31. The molecule has 29 heavy (non-hydrogen) atoms. The molecule has 9 heteroatoms. The normalized spacial score (nSPS) is 13.5. The molecule has 4 aromatic rings. The molecule has 2 atom stereocenters. The summed E-state index contributed by atoms with van der Waals surface area (Å²) in [6, 6.07) is 9.91. The van der Waals surface area contributed by atoms with Crippen molar-refractivity contribution in [3.8, 4) is 11.5 Å². The largest absolute Gasteiger partial charge is 0.411 e. The number of anilines is 1. The van der Waals surface area contributed by atoms with Gasteiger partial charge in [-0.25, -0.2) is 4.68 Å². The minimum absolute atomic E-state index is 0.146. The number of H-pyrrole nitrogens is 1. The lowest BCUT2D eigenvalue weighted by Gasteiger charge is -2.15. The zero-order valence-corrected chi connectivity index (χ0v) is 17.2. The second-order valence-corrected chi connectivity index (χ2v) is 8.08. The number of nitrogens with zero attached hydrogens (tertiary/aromatic N) is 4. The molecular weight excluding hydrogens is 388 g/mol. The van der Waals surface area contributed by atoms with Gasteiger partial charge >= 0.3 is 0 Å². The van der Waals surface area contributed by atoms with Gasteiger partial charge in [0, 0.05) is 23.2 Å². The first-order valence-corrected chi connectivity index (χ1v) is 10.4. The van der Waals surface area contributed by atoms with E-state index < -0.39 is 5.25 Å². The highest BCUT2D eigenvalue weighted by molar-refractivity contribution is 8.00. The molecule has 0 radical (unpaired) electrons. The van der Waals surface area contributed by atoms with Crippen LogP contribution in [0.15, 0.2) is 52.4 Å². The number of benzene rings is 1. The highest BCUT2D eigenvalue weighted by atomic mass is 32.2. The molecule has 4 rings (SSSR count). The van der Waals surface area contributed by atoms with Crippen molar-refractivity contribution < 1.29 is 9.21 Å². The molecule has 0 unspecified atom stereocenters. The van der Waals surface area contributed by atoms with Crippen LogP contribution in [0.5, 0.6) is 0 Å². The van der Waals surface area contributed by atoms with Gasteiger partial charge in [0.2, 0.25) is 5.91 Å². The molecular formula is C20H22N6O2S. The molecule has 1 aromatic carbocycles. The minimum Gasteiger partial charge on any atom is -0.411 e. The molecule has 0 aliphatic heterocycles. The van der Waals surface area contributed by atoms with Crippen molar-refractivity contribution >= 4 is 34.4 Å². The maximum Gasteiger partial charge on any atom is 0.277 e. The maximum absolute atomic E-state index is 12.6. The molecule has 0 aliphatic rings. The van der Waals surface area contributed by atoms with Gasteiger partial charge in [0.15, 0.2) is 0 Å². The van der Waals surface area contributed by atoms with Crippen molar-refractivity contribution in [2.45, 2.75) is 43.7 Å². The number of aromatic amines is 1. The van der Waals surface area contributed by atoms with Crippen molar-refractivity contribution in [1.82, 2.24) is 25.0 Å². The zero-order chi connectivity index (χ0) is 20.4. The van der Waals surface area contributed by atoms with Crippen LogP contribution < -0.4 is 5.32 Å². The van der Waals surface area contributed by atoms with Crippen molar-refractivity contribution in [3.63, 3.8) is 0 Å². The number of aromatic nitrogens is 5. The number of carbonyl (C=O) groups excluding carboxylic acids is 1. The minimum atomic E-state index is -0.411. The Kier molecular flexibility index (Phi) is 5.39. The number of carbonyl (C=O) groups is 1. The topological polar surface area (TPSA) is 102 Å². The van der Waals surface area contributed by atoms with E-state index >= 15 is 0 Å². The van der Waals surface area contributed by atoms with Gasteiger partial charge in [0.25, 0.3) is 11.1 Å². The number of para-hydroxylation sites is 1. The number of thioether (sulfide) groups is 1. The van der Waals surface area contributed by atoms with Crippen molar-refractivity contribution in [3.05, 3.63) is 42.7 Å². The first kappa shape index (κ1) is 19.3. The molecule has 2 N–H and O–H groups in total. The summed E-state index contributed by atoms with van der Waals surface area (Å²) < 4.78 is 7.61. The predicted octanol–water partition coefficient (Wildman–Crippen LogP) is 4.50. The zero-order valence-electron chi connectivity index (χ0n) is 16.4. The van der Waals surface area contributed by atoms with E-state index in [0.717, 1.165) is 22.9 Å². The van der Waals surface area contributed by atoms with E-state index in [-0.39, 0.29) is 11.9 Å². The van der Waals surface area contributed by atoms with E-state index in [1.165, 1.54) is 11.8 Å². The predicted molar refractivity (Wildman–Crippen MR) is 113 cm³/mol. The van der Waals surface area contributed by atoms with Gasteiger partial charge in [-0.15, -0.1) is 10.2 Å². The number of rotatable bonds is 7. The summed E-state index contributed by atoms with van der Waals surface area (Å²) >= 11 is 1.22. The van der Waals surface area contributed by atoms with Gasteiger partial charge < -0.3 is 14.7 Å². The third-order valence-corrected chi connectivity index (χ3v) is 5.74. The Hall–Kier alpha value is -3.07. The number of nitrogens with one attached hydrogen (secondary N) is 2. The molecule has 0 saturated carbocycles. The van der Waals surface area contributed by atoms with Crippen LogP contribution in [0.1, 0.15) is 33.2 Å². The third-order valence-electron chi connectivity index (χ3n) is 4.80. The van der Waals surface area contributed by atoms with E-state index in [1.807, 2.05) is 35.1 Å². The molecule has 0 fully saturated rings. The molecule has 3 heterocycles. The lowest BCUT2D eigenvalue weighted by atomic mass is 10.2. The van der Waals surface area contributed by atoms with E-state index in [9.17, 15) is 4.79 Å². The average molecular weight is 411 g/mol. The summed E-state index contributed by atoms with van der Waals surface area (Å²) in [5, 5.41) is 16.4. The van der Waals surface area contributed by atoms with Gasteiger partial charge in [-0.3, -0.25) is 4.79 Å². The third kappa shape index (κ3) is 3.91. The fraction of sp³-hybridized carbons (Fsp3) is 0.300. The van der Waals surface area contributed by atoms with Crippen LogP contribution in [0, 0.1) is 0 Å². The van der Waals surface area contributed by atoms with Crippen molar-refractivity contribution in [1.29, 1.82) is 0 Å². The standard InChI is InChI=1S/C20H22N6O2S/c1-4-12(2)26-17(9-10-22-26)23-18(27)13(3)29-20-25-24-19(28-20)15-11-21-16-8-6-5-7-14(15)16/h5-13,21H,4H2,1-3H3,(H,23,27)/t12-,13-/m0/s1. The Balaban J connectivity index is 1.45. The summed E-state index contributed by atoms with van der Waals surface area (Å²) in [4.78, 5) is 15.8. The summed E-state index contributed by atoms with van der Waals surface area (Å²) in [5.41, 5.74) is 1.84. The van der Waals surface area contributed by atoms with E-state index in [2.05, 4.69) is 39.4 Å². The molecule has 150 valence electrons. The summed E-state index contributed by atoms with van der Waals surface area (Å²) in [7, 11) is 0. The van der Waals surface area contributed by atoms with Gasteiger partial charge in [-0.2, -0.15) is 5.10 Å². The van der Waals surface area contributed by atoms with Crippen LogP contribution in [0.2, 0.25) is 0 Å². The van der Waals surface area contributed by atoms with Crippen LogP contribution >= 0.6 is 11.8 Å². The van der Waals surface area contributed by atoms with Crippen LogP contribution in [-0.2, 0) is 4.79 Å². The molecule has 0 spiro atoms. The van der Waals surface area contributed by atoms with Crippen LogP contribution in [0.3, 0.4) is 0 Å². The Morgan fingerprint density at radius 2 is 2.10 bits per heavy atom. The Morgan fingerprint density at radius 3 is 2.93 bits per heavy atom. The van der Waals surface area contributed by atoms with Gasteiger partial charge in [0.05, 0.1) is 23.1 Å². The molecule has 0 saturated heterocycles. The molecule has 0 aliphatic carbocycles. The second-order valence-electron chi connectivity index (χ2n) is 6.79. The summed E-state index contributed by atoms with van der Waals surface area (Å²) in [6.07, 6.45) is 4.46. The molecule has 0 bridgehead atoms. The van der Waals surface area contributed by atoms with Crippen molar-refractivity contribution in [2.24, 2.45) is 0 Å². The first-order valence-electron chi connectivity index (χ1n) is 9.47. The number of amides is 1. The number of fused-ring (bicyclic) bond motifs is 1. The second kappa shape index (κ2) is 8.12. The van der Waals surface area contributed by atoms with E-state index in [1.54, 1.807) is 19.2 Å². The Labute approximate surface area is 172 Å². The van der Waals surface area contributed by atoms with E-state index in [0.29, 0.717) is 16.9 Å². The Bertz CT molecular complexity index is 1130. The SMILES string of the molecule is CC[C@H](C)n1nccc1NC(=O)[C@H](C)Sc1nnc(-c2c[nH]c3ccccc23)o1. The van der Waals surface area contributed by atoms with Crippen LogP contribution in [0.4, 0.5) is 5.82 Å². The molecule has 3 aromatic heterocycles. The molecule has 8 nitrogen and oxygen atoms in total. The summed E-state index contributed by atoms with van der Waals surface area (Å²) in [5.74, 6) is 0.959. The van der Waals surface area contributed by atoms with Gasteiger partial charge in [0.1, 0.15) is 5.82 Å². The summed E-state index contributed by atoms with van der Waals surface area (Å²) in [6.45, 7) is 5.95. The van der Waals surface area contributed by atoms with Crippen molar-refractivity contribution in [2.75, 3.05) is 5.32 Å². The quantitative estimate of drug-likeness (QED) is 0.435. The first-order chi connectivity index (χ1) is 14.1. The maximum atomic E-state index is 12.6.